The van der Waals surface area contributed by atoms with Crippen molar-refractivity contribution in [2.24, 2.45) is 0 Å². The lowest BCUT2D eigenvalue weighted by atomic mass is 10.3. The van der Waals surface area contributed by atoms with Gasteiger partial charge in [-0.2, -0.15) is 0 Å². The normalized spacial score (nSPS) is 9.77. The van der Waals surface area contributed by atoms with E-state index in [-0.39, 0.29) is 6.54 Å². The van der Waals surface area contributed by atoms with Crippen molar-refractivity contribution in [3.8, 4) is 0 Å². The third kappa shape index (κ3) is 2.50. The van der Waals surface area contributed by atoms with E-state index in [0.717, 1.165) is 0 Å². The van der Waals surface area contributed by atoms with Crippen molar-refractivity contribution in [2.45, 2.75) is 6.92 Å². The summed E-state index contributed by atoms with van der Waals surface area (Å²) >= 11 is 3.19. The average molecular weight is 245 g/mol. The van der Waals surface area contributed by atoms with Gasteiger partial charge in [-0.1, -0.05) is 0 Å². The first-order valence-corrected chi connectivity index (χ1v) is 4.55. The maximum absolute atomic E-state index is 11.3. The number of pyridine rings is 1. The highest BCUT2D eigenvalue weighted by molar-refractivity contribution is 9.10. The van der Waals surface area contributed by atoms with Gasteiger partial charge in [-0.3, -0.25) is 15.0 Å². The van der Waals surface area contributed by atoms with Crippen LogP contribution in [0.25, 0.3) is 0 Å². The second-order valence-electron chi connectivity index (χ2n) is 2.41. The first-order valence-electron chi connectivity index (χ1n) is 3.76. The third-order valence-corrected chi connectivity index (χ3v) is 1.92. The molecule has 0 spiro atoms. The fourth-order valence-corrected chi connectivity index (χ4v) is 1.19. The van der Waals surface area contributed by atoms with E-state index < -0.39 is 5.91 Å². The summed E-state index contributed by atoms with van der Waals surface area (Å²) in [7, 11) is 0. The lowest BCUT2D eigenvalue weighted by molar-refractivity contribution is -0.0542. The summed E-state index contributed by atoms with van der Waals surface area (Å²) in [5.41, 5.74) is 0.360. The van der Waals surface area contributed by atoms with Gasteiger partial charge in [0.25, 0.3) is 5.91 Å². The van der Waals surface area contributed by atoms with Crippen LogP contribution >= 0.6 is 15.9 Å². The van der Waals surface area contributed by atoms with Crippen LogP contribution in [0, 0.1) is 0 Å². The number of hydroxylamine groups is 2. The largest absolute Gasteiger partial charge is 0.286 e. The van der Waals surface area contributed by atoms with Crippen LogP contribution in [0.4, 0.5) is 0 Å². The van der Waals surface area contributed by atoms with Crippen LogP contribution in [-0.2, 0) is 0 Å². The summed E-state index contributed by atoms with van der Waals surface area (Å²) in [5.74, 6) is -0.448. The lowest BCUT2D eigenvalue weighted by Gasteiger charge is -2.11. The van der Waals surface area contributed by atoms with Crippen molar-refractivity contribution in [3.05, 3.63) is 28.5 Å². The standard InChI is InChI=1S/C8H9BrN2O2/c1-2-11(13)8(12)6-3-7(9)5-10-4-6/h3-5,13H,2H2,1H3. The first kappa shape index (κ1) is 10.1. The smallest absolute Gasteiger partial charge is 0.278 e. The molecule has 13 heavy (non-hydrogen) atoms. The van der Waals surface area contributed by atoms with Gasteiger partial charge in [-0.25, -0.2) is 5.06 Å². The molecular formula is C8H9BrN2O2. The van der Waals surface area contributed by atoms with E-state index in [4.69, 9.17) is 5.21 Å². The number of rotatable bonds is 2. The number of amides is 1. The van der Waals surface area contributed by atoms with E-state index in [9.17, 15) is 4.79 Å². The monoisotopic (exact) mass is 244 g/mol. The topological polar surface area (TPSA) is 53.4 Å². The average Bonchev–Trinajstić information content (AvgIpc) is 2.15. The Labute approximate surface area is 84.3 Å². The molecule has 1 aromatic rings. The van der Waals surface area contributed by atoms with Gasteiger partial charge in [-0.15, -0.1) is 0 Å². The zero-order chi connectivity index (χ0) is 9.84. The number of hydrogen-bond donors (Lipinski definition) is 1. The van der Waals surface area contributed by atoms with Crippen molar-refractivity contribution in [2.75, 3.05) is 6.54 Å². The van der Waals surface area contributed by atoms with Crippen molar-refractivity contribution >= 4 is 21.8 Å². The molecule has 1 amide bonds. The fraction of sp³-hybridized carbons (Fsp3) is 0.250. The summed E-state index contributed by atoms with van der Waals surface area (Å²) in [5, 5.41) is 9.75. The highest BCUT2D eigenvalue weighted by atomic mass is 79.9. The molecule has 1 heterocycles. The molecule has 0 unspecified atom stereocenters. The van der Waals surface area contributed by atoms with Gasteiger partial charge in [0.05, 0.1) is 5.56 Å². The molecule has 1 rings (SSSR count). The number of hydrogen-bond acceptors (Lipinski definition) is 3. The molecule has 0 aliphatic carbocycles. The van der Waals surface area contributed by atoms with Crippen LogP contribution in [0.2, 0.25) is 0 Å². The van der Waals surface area contributed by atoms with Gasteiger partial charge in [0.1, 0.15) is 0 Å². The van der Waals surface area contributed by atoms with Crippen molar-refractivity contribution in [3.63, 3.8) is 0 Å². The molecule has 1 N–H and O–H groups in total. The van der Waals surface area contributed by atoms with E-state index in [1.54, 1.807) is 19.2 Å². The fourth-order valence-electron chi connectivity index (χ4n) is 0.821. The second-order valence-corrected chi connectivity index (χ2v) is 3.33. The Morgan fingerprint density at radius 3 is 2.92 bits per heavy atom. The third-order valence-electron chi connectivity index (χ3n) is 1.49. The molecule has 0 radical (unpaired) electrons. The van der Waals surface area contributed by atoms with Crippen LogP contribution in [-0.4, -0.2) is 27.7 Å². The summed E-state index contributed by atoms with van der Waals surface area (Å²) in [6, 6.07) is 1.61. The maximum atomic E-state index is 11.3. The number of carbonyl (C=O) groups excluding carboxylic acids is 1. The Morgan fingerprint density at radius 1 is 1.69 bits per heavy atom. The Balaban J connectivity index is 2.89. The molecule has 0 aliphatic heterocycles. The molecule has 0 fully saturated rings. The minimum absolute atomic E-state index is 0.255. The molecule has 0 bridgehead atoms. The van der Waals surface area contributed by atoms with Gasteiger partial charge >= 0.3 is 0 Å². The molecule has 0 aliphatic rings. The number of aromatic nitrogens is 1. The van der Waals surface area contributed by atoms with Crippen molar-refractivity contribution < 1.29 is 10.0 Å². The number of nitrogens with zero attached hydrogens (tertiary/aromatic N) is 2. The predicted molar refractivity (Wildman–Crippen MR) is 50.4 cm³/mol. The Morgan fingerprint density at radius 2 is 2.38 bits per heavy atom. The van der Waals surface area contributed by atoms with E-state index in [2.05, 4.69) is 20.9 Å². The minimum Gasteiger partial charge on any atom is -0.286 e. The molecule has 1 aromatic heterocycles. The van der Waals surface area contributed by atoms with Gasteiger partial charge in [0, 0.05) is 23.4 Å². The second kappa shape index (κ2) is 4.34. The highest BCUT2D eigenvalue weighted by Crippen LogP contribution is 2.10. The Kier molecular flexibility index (Phi) is 3.39. The molecule has 0 aromatic carbocycles. The molecule has 4 nitrogen and oxygen atoms in total. The highest BCUT2D eigenvalue weighted by Gasteiger charge is 2.11. The lowest BCUT2D eigenvalue weighted by Crippen LogP contribution is -2.26. The van der Waals surface area contributed by atoms with Crippen molar-refractivity contribution in [1.29, 1.82) is 0 Å². The van der Waals surface area contributed by atoms with Crippen LogP contribution in [0.15, 0.2) is 22.9 Å². The predicted octanol–water partition coefficient (Wildman–Crippen LogP) is 1.70. The minimum atomic E-state index is -0.448. The Hall–Kier alpha value is -0.940. The summed E-state index contributed by atoms with van der Waals surface area (Å²) < 4.78 is 0.711. The molecular weight excluding hydrogens is 236 g/mol. The van der Waals surface area contributed by atoms with Gasteiger partial charge in [0.15, 0.2) is 0 Å². The van der Waals surface area contributed by atoms with E-state index in [0.29, 0.717) is 15.1 Å². The molecule has 70 valence electrons. The van der Waals surface area contributed by atoms with Crippen LogP contribution in [0.5, 0.6) is 0 Å². The molecule has 0 atom stereocenters. The summed E-state index contributed by atoms with van der Waals surface area (Å²) in [6.07, 6.45) is 2.98. The van der Waals surface area contributed by atoms with E-state index >= 15 is 0 Å². The molecule has 0 saturated carbocycles. The van der Waals surface area contributed by atoms with Gasteiger partial charge in [-0.05, 0) is 28.9 Å². The number of halogens is 1. The van der Waals surface area contributed by atoms with Crippen LogP contribution in [0.1, 0.15) is 17.3 Å². The van der Waals surface area contributed by atoms with E-state index in [1.165, 1.54) is 6.20 Å². The van der Waals surface area contributed by atoms with E-state index in [1.807, 2.05) is 0 Å². The van der Waals surface area contributed by atoms with Crippen LogP contribution in [0.3, 0.4) is 0 Å². The summed E-state index contributed by atoms with van der Waals surface area (Å²) in [6.45, 7) is 1.94. The molecule has 0 saturated heterocycles. The SMILES string of the molecule is CCN(O)C(=O)c1cncc(Br)c1. The maximum Gasteiger partial charge on any atom is 0.278 e. The zero-order valence-corrected chi connectivity index (χ0v) is 8.65. The quantitative estimate of drug-likeness (QED) is 0.637. The first-order chi connectivity index (χ1) is 6.15. The Bertz CT molecular complexity index is 317. The van der Waals surface area contributed by atoms with Crippen molar-refractivity contribution in [1.82, 2.24) is 10.0 Å². The van der Waals surface area contributed by atoms with Crippen LogP contribution < -0.4 is 0 Å². The van der Waals surface area contributed by atoms with Gasteiger partial charge in [0.2, 0.25) is 0 Å². The number of carbonyl (C=O) groups is 1. The molecule has 5 heteroatoms. The van der Waals surface area contributed by atoms with Gasteiger partial charge < -0.3 is 0 Å². The summed E-state index contributed by atoms with van der Waals surface area (Å²) in [4.78, 5) is 15.2. The zero-order valence-electron chi connectivity index (χ0n) is 7.07.